The molecule has 1 saturated heterocycles. The summed E-state index contributed by atoms with van der Waals surface area (Å²) in [4.78, 5) is 0. The van der Waals surface area contributed by atoms with Crippen molar-refractivity contribution in [2.45, 2.75) is 32.1 Å². The second-order valence-corrected chi connectivity index (χ2v) is 5.83. The summed E-state index contributed by atoms with van der Waals surface area (Å²) in [6, 6.07) is 14.4. The fraction of sp³-hybridized carbons (Fsp3) is 0.368. The number of rotatable bonds is 7. The van der Waals surface area contributed by atoms with Crippen LogP contribution in [0.25, 0.3) is 0 Å². The van der Waals surface area contributed by atoms with E-state index in [1.807, 2.05) is 18.2 Å². The molecule has 3 nitrogen and oxygen atoms in total. The van der Waals surface area contributed by atoms with Crippen molar-refractivity contribution in [1.29, 1.82) is 0 Å². The van der Waals surface area contributed by atoms with Crippen LogP contribution in [0.15, 0.2) is 48.5 Å². The lowest BCUT2D eigenvalue weighted by Crippen LogP contribution is -2.25. The highest BCUT2D eigenvalue weighted by Gasteiger charge is 2.14. The quantitative estimate of drug-likeness (QED) is 0.814. The van der Waals surface area contributed by atoms with Gasteiger partial charge in [0.25, 0.3) is 0 Å². The van der Waals surface area contributed by atoms with Gasteiger partial charge in [0.1, 0.15) is 18.2 Å². The predicted molar refractivity (Wildman–Crippen MR) is 95.1 cm³/mol. The van der Waals surface area contributed by atoms with Crippen LogP contribution in [-0.2, 0) is 17.9 Å². The van der Waals surface area contributed by atoms with Gasteiger partial charge in [-0.05, 0) is 48.2 Å². The lowest BCUT2D eigenvalue weighted by Gasteiger charge is -2.12. The van der Waals surface area contributed by atoms with Crippen LogP contribution in [0, 0.1) is 5.82 Å². The molecule has 24 heavy (non-hydrogen) atoms. The zero-order chi connectivity index (χ0) is 15.9. The lowest BCUT2D eigenvalue weighted by atomic mass is 10.2. The summed E-state index contributed by atoms with van der Waals surface area (Å²) >= 11 is 0. The molecule has 1 atom stereocenters. The molecule has 130 valence electrons. The van der Waals surface area contributed by atoms with Crippen LogP contribution in [-0.4, -0.2) is 19.3 Å². The number of halogens is 2. The number of hydrogen-bond donors (Lipinski definition) is 1. The van der Waals surface area contributed by atoms with Crippen molar-refractivity contribution in [3.05, 3.63) is 65.5 Å². The van der Waals surface area contributed by atoms with Gasteiger partial charge in [0.15, 0.2) is 0 Å². The van der Waals surface area contributed by atoms with Crippen LogP contribution in [0.4, 0.5) is 4.39 Å². The molecule has 2 aromatic rings. The zero-order valence-electron chi connectivity index (χ0n) is 13.5. The van der Waals surface area contributed by atoms with Crippen LogP contribution >= 0.6 is 12.4 Å². The smallest absolute Gasteiger partial charge is 0.123 e. The minimum absolute atomic E-state index is 0. The fourth-order valence-corrected chi connectivity index (χ4v) is 2.68. The molecule has 1 aliphatic rings. The van der Waals surface area contributed by atoms with Gasteiger partial charge in [-0.25, -0.2) is 4.39 Å². The molecule has 0 radical (unpaired) electrons. The van der Waals surface area contributed by atoms with E-state index >= 15 is 0 Å². The topological polar surface area (TPSA) is 30.5 Å². The van der Waals surface area contributed by atoms with Crippen LogP contribution in [0.5, 0.6) is 5.75 Å². The maximum atomic E-state index is 12.9. The van der Waals surface area contributed by atoms with E-state index in [9.17, 15) is 4.39 Å². The third kappa shape index (κ3) is 5.78. The molecular formula is C19H23ClFNO2. The number of nitrogens with one attached hydrogen (secondary N) is 1. The number of hydrogen-bond acceptors (Lipinski definition) is 3. The van der Waals surface area contributed by atoms with Crippen molar-refractivity contribution in [3.63, 3.8) is 0 Å². The summed E-state index contributed by atoms with van der Waals surface area (Å²) < 4.78 is 24.3. The molecule has 0 spiro atoms. The molecule has 5 heteroatoms. The molecule has 0 amide bonds. The summed E-state index contributed by atoms with van der Waals surface area (Å²) in [6.45, 7) is 3.01. The molecule has 2 aromatic carbocycles. The third-order valence-electron chi connectivity index (χ3n) is 3.94. The van der Waals surface area contributed by atoms with Gasteiger partial charge in [0.05, 0.1) is 6.10 Å². The Labute approximate surface area is 148 Å². The van der Waals surface area contributed by atoms with Crippen LogP contribution in [0.3, 0.4) is 0 Å². The third-order valence-corrected chi connectivity index (χ3v) is 3.94. The van der Waals surface area contributed by atoms with Crippen molar-refractivity contribution >= 4 is 12.4 Å². The lowest BCUT2D eigenvalue weighted by molar-refractivity contribution is 0.110. The van der Waals surface area contributed by atoms with Crippen molar-refractivity contribution < 1.29 is 13.9 Å². The standard InChI is InChI=1S/C19H22FNO2.ClH/c20-17-8-6-15(7-9-17)14-23-18-4-1-3-16(11-18)12-21-13-19-5-2-10-22-19;/h1,3-4,6-9,11,19,21H,2,5,10,12-14H2;1H. The Hall–Kier alpha value is -1.62. The minimum Gasteiger partial charge on any atom is -0.489 e. The van der Waals surface area contributed by atoms with Crippen LogP contribution in [0.2, 0.25) is 0 Å². The fourth-order valence-electron chi connectivity index (χ4n) is 2.68. The van der Waals surface area contributed by atoms with Gasteiger partial charge in [-0.1, -0.05) is 24.3 Å². The highest BCUT2D eigenvalue weighted by molar-refractivity contribution is 5.85. The largest absolute Gasteiger partial charge is 0.489 e. The van der Waals surface area contributed by atoms with Crippen molar-refractivity contribution in [2.24, 2.45) is 0 Å². The van der Waals surface area contributed by atoms with E-state index in [-0.39, 0.29) is 18.2 Å². The predicted octanol–water partition coefficient (Wildman–Crippen LogP) is 4.10. The van der Waals surface area contributed by atoms with Gasteiger partial charge in [-0.15, -0.1) is 12.4 Å². The molecule has 1 heterocycles. The molecule has 1 aliphatic heterocycles. The maximum absolute atomic E-state index is 12.9. The van der Waals surface area contributed by atoms with Gasteiger partial charge in [0.2, 0.25) is 0 Å². The van der Waals surface area contributed by atoms with Crippen molar-refractivity contribution in [1.82, 2.24) is 5.32 Å². The van der Waals surface area contributed by atoms with Gasteiger partial charge in [-0.3, -0.25) is 0 Å². The normalized spacial score (nSPS) is 16.6. The summed E-state index contributed by atoms with van der Waals surface area (Å²) in [7, 11) is 0. The molecule has 0 saturated carbocycles. The average molecular weight is 352 g/mol. The first kappa shape index (κ1) is 18.7. The second-order valence-electron chi connectivity index (χ2n) is 5.83. The van der Waals surface area contributed by atoms with Gasteiger partial charge >= 0.3 is 0 Å². The highest BCUT2D eigenvalue weighted by atomic mass is 35.5. The Kier molecular flexibility index (Phi) is 7.50. The molecule has 0 bridgehead atoms. The van der Waals surface area contributed by atoms with E-state index < -0.39 is 0 Å². The van der Waals surface area contributed by atoms with Gasteiger partial charge < -0.3 is 14.8 Å². The molecule has 0 aromatic heterocycles. The molecule has 1 fully saturated rings. The average Bonchev–Trinajstić information content (AvgIpc) is 3.08. The monoisotopic (exact) mass is 351 g/mol. The summed E-state index contributed by atoms with van der Waals surface area (Å²) in [5.74, 6) is 0.596. The molecular weight excluding hydrogens is 329 g/mol. The Morgan fingerprint density at radius 1 is 1.12 bits per heavy atom. The second kappa shape index (κ2) is 9.62. The summed E-state index contributed by atoms with van der Waals surface area (Å²) in [5.41, 5.74) is 2.13. The van der Waals surface area contributed by atoms with Crippen LogP contribution in [0.1, 0.15) is 24.0 Å². The molecule has 0 aliphatic carbocycles. The Morgan fingerprint density at radius 3 is 2.71 bits per heavy atom. The first-order valence-electron chi connectivity index (χ1n) is 8.08. The zero-order valence-corrected chi connectivity index (χ0v) is 14.4. The SMILES string of the molecule is Cl.Fc1ccc(COc2cccc(CNCC3CCCO3)c2)cc1. The first-order valence-corrected chi connectivity index (χ1v) is 8.08. The number of benzene rings is 2. The van der Waals surface area contributed by atoms with Crippen molar-refractivity contribution in [2.75, 3.05) is 13.2 Å². The first-order chi connectivity index (χ1) is 11.3. The minimum atomic E-state index is -0.229. The van der Waals surface area contributed by atoms with Gasteiger partial charge in [0, 0.05) is 19.7 Å². The van der Waals surface area contributed by atoms with E-state index in [4.69, 9.17) is 9.47 Å². The van der Waals surface area contributed by atoms with Crippen molar-refractivity contribution in [3.8, 4) is 5.75 Å². The summed E-state index contributed by atoms with van der Waals surface area (Å²) in [5, 5.41) is 3.43. The Balaban J connectivity index is 0.00000208. The van der Waals surface area contributed by atoms with E-state index in [2.05, 4.69) is 11.4 Å². The van der Waals surface area contributed by atoms with E-state index in [1.54, 1.807) is 12.1 Å². The van der Waals surface area contributed by atoms with E-state index in [0.29, 0.717) is 12.7 Å². The Bertz CT molecular complexity index is 615. The molecule has 1 unspecified atom stereocenters. The van der Waals surface area contributed by atoms with E-state index in [0.717, 1.165) is 37.4 Å². The summed E-state index contributed by atoms with van der Waals surface area (Å²) in [6.07, 6.45) is 2.67. The molecule has 1 N–H and O–H groups in total. The highest BCUT2D eigenvalue weighted by Crippen LogP contribution is 2.16. The number of ether oxygens (including phenoxy) is 2. The van der Waals surface area contributed by atoms with Crippen LogP contribution < -0.4 is 10.1 Å². The maximum Gasteiger partial charge on any atom is 0.123 e. The Morgan fingerprint density at radius 2 is 1.96 bits per heavy atom. The van der Waals surface area contributed by atoms with E-state index in [1.165, 1.54) is 24.1 Å². The molecule has 3 rings (SSSR count). The van der Waals surface area contributed by atoms with Gasteiger partial charge in [-0.2, -0.15) is 0 Å².